The fourth-order valence-electron chi connectivity index (χ4n) is 1.18. The van der Waals surface area contributed by atoms with Crippen molar-refractivity contribution in [2.75, 3.05) is 6.54 Å². The molecule has 0 unspecified atom stereocenters. The summed E-state index contributed by atoms with van der Waals surface area (Å²) in [6.45, 7) is 0.177. The van der Waals surface area contributed by atoms with Crippen molar-refractivity contribution in [1.82, 2.24) is 0 Å². The van der Waals surface area contributed by atoms with Crippen molar-refractivity contribution in [1.29, 1.82) is 0 Å². The number of hydrogen-bond donors (Lipinski definition) is 1. The minimum absolute atomic E-state index is 0.177. The van der Waals surface area contributed by atoms with Crippen molar-refractivity contribution >= 4 is 6.09 Å². The van der Waals surface area contributed by atoms with E-state index in [1.165, 1.54) is 0 Å². The lowest BCUT2D eigenvalue weighted by molar-refractivity contribution is 0.102. The molecule has 0 aromatic rings. The number of rotatable bonds is 5. The summed E-state index contributed by atoms with van der Waals surface area (Å²) in [5, 5.41) is 3.35. The molecule has 72 valence electrons. The molecule has 6 heteroatoms. The van der Waals surface area contributed by atoms with Gasteiger partial charge < -0.3 is 10.5 Å². The smallest absolute Gasteiger partial charge is 0.404 e. The van der Waals surface area contributed by atoms with Gasteiger partial charge >= 0.3 is 6.09 Å². The van der Waals surface area contributed by atoms with Crippen LogP contribution < -0.4 is 5.73 Å². The standard InChI is InChI=1S/C7H12N4O2/c8-7(12)13-6(4-10-11-9)3-5-1-2-5/h5-6H,1-4H2,(H2,8,12)/t6-/m0/s1. The molecule has 0 radical (unpaired) electrons. The molecular formula is C7H12N4O2. The number of primary amides is 1. The number of hydrogen-bond acceptors (Lipinski definition) is 3. The molecule has 0 spiro atoms. The van der Waals surface area contributed by atoms with Gasteiger partial charge in [0.15, 0.2) is 0 Å². The summed E-state index contributed by atoms with van der Waals surface area (Å²) in [4.78, 5) is 13.0. The Labute approximate surface area is 75.7 Å². The third kappa shape index (κ3) is 4.22. The molecule has 0 bridgehead atoms. The molecule has 6 nitrogen and oxygen atoms in total. The first-order chi connectivity index (χ1) is 6.22. The van der Waals surface area contributed by atoms with E-state index in [0.29, 0.717) is 5.92 Å². The lowest BCUT2D eigenvalue weighted by Gasteiger charge is -2.12. The molecule has 1 atom stereocenters. The maximum atomic E-state index is 10.4. The monoisotopic (exact) mass is 184 g/mol. The van der Waals surface area contributed by atoms with Gasteiger partial charge in [-0.2, -0.15) is 0 Å². The Morgan fingerprint density at radius 3 is 2.92 bits per heavy atom. The Morgan fingerprint density at radius 1 is 1.77 bits per heavy atom. The average molecular weight is 184 g/mol. The van der Waals surface area contributed by atoms with Gasteiger partial charge in [-0.25, -0.2) is 4.79 Å². The molecule has 1 rings (SSSR count). The molecule has 1 amide bonds. The molecule has 1 saturated carbocycles. The minimum Gasteiger partial charge on any atom is -0.446 e. The van der Waals surface area contributed by atoms with E-state index < -0.39 is 6.09 Å². The van der Waals surface area contributed by atoms with Crippen LogP contribution in [0.4, 0.5) is 4.79 Å². The molecule has 13 heavy (non-hydrogen) atoms. The largest absolute Gasteiger partial charge is 0.446 e. The molecule has 2 N–H and O–H groups in total. The van der Waals surface area contributed by atoms with Crippen LogP contribution in [0.3, 0.4) is 0 Å². The van der Waals surface area contributed by atoms with E-state index in [4.69, 9.17) is 16.0 Å². The van der Waals surface area contributed by atoms with Crippen molar-refractivity contribution in [3.8, 4) is 0 Å². The van der Waals surface area contributed by atoms with E-state index in [-0.39, 0.29) is 12.6 Å². The van der Waals surface area contributed by atoms with Crippen molar-refractivity contribution in [3.63, 3.8) is 0 Å². The zero-order chi connectivity index (χ0) is 9.68. The molecular weight excluding hydrogens is 172 g/mol. The Bertz CT molecular complexity index is 229. The summed E-state index contributed by atoms with van der Waals surface area (Å²) < 4.78 is 4.78. The van der Waals surface area contributed by atoms with E-state index in [1.807, 2.05) is 0 Å². The van der Waals surface area contributed by atoms with Gasteiger partial charge in [0.05, 0.1) is 6.54 Å². The van der Waals surface area contributed by atoms with Gasteiger partial charge in [-0.1, -0.05) is 18.0 Å². The van der Waals surface area contributed by atoms with Crippen LogP contribution in [0.5, 0.6) is 0 Å². The highest BCUT2D eigenvalue weighted by Gasteiger charge is 2.26. The van der Waals surface area contributed by atoms with E-state index in [0.717, 1.165) is 19.3 Å². The maximum absolute atomic E-state index is 10.4. The fraction of sp³-hybridized carbons (Fsp3) is 0.857. The highest BCUT2D eigenvalue weighted by molar-refractivity contribution is 5.64. The molecule has 1 aliphatic rings. The SMILES string of the molecule is [N-]=[N+]=NC[C@H](CC1CC1)OC(N)=O. The number of ether oxygens (including phenoxy) is 1. The van der Waals surface area contributed by atoms with E-state index in [9.17, 15) is 4.79 Å². The van der Waals surface area contributed by atoms with Gasteiger partial charge in [-0.15, -0.1) is 0 Å². The predicted molar refractivity (Wildman–Crippen MR) is 45.8 cm³/mol. The Balaban J connectivity index is 2.31. The summed E-state index contributed by atoms with van der Waals surface area (Å²) in [6.07, 6.45) is 1.92. The second-order valence-corrected chi connectivity index (χ2v) is 3.15. The Kier molecular flexibility index (Phi) is 3.40. The molecule has 1 aliphatic carbocycles. The van der Waals surface area contributed by atoms with Crippen molar-refractivity contribution < 1.29 is 9.53 Å². The van der Waals surface area contributed by atoms with Crippen LogP contribution in [0, 0.1) is 5.92 Å². The van der Waals surface area contributed by atoms with Crippen LogP contribution in [0.2, 0.25) is 0 Å². The topological polar surface area (TPSA) is 101 Å². The number of carbonyl (C=O) groups excluding carboxylic acids is 1. The Morgan fingerprint density at radius 2 is 2.46 bits per heavy atom. The van der Waals surface area contributed by atoms with Crippen LogP contribution in [-0.4, -0.2) is 18.7 Å². The van der Waals surface area contributed by atoms with Gasteiger partial charge in [-0.3, -0.25) is 0 Å². The quantitative estimate of drug-likeness (QED) is 0.398. The number of nitrogens with two attached hydrogens (primary N) is 1. The third-order valence-electron chi connectivity index (χ3n) is 1.92. The van der Waals surface area contributed by atoms with Crippen LogP contribution >= 0.6 is 0 Å². The first-order valence-electron chi connectivity index (χ1n) is 4.19. The lowest BCUT2D eigenvalue weighted by atomic mass is 10.2. The number of nitrogens with zero attached hydrogens (tertiary/aromatic N) is 3. The van der Waals surface area contributed by atoms with Crippen LogP contribution in [0.25, 0.3) is 10.4 Å². The second-order valence-electron chi connectivity index (χ2n) is 3.15. The lowest BCUT2D eigenvalue weighted by Crippen LogP contribution is -2.25. The average Bonchev–Trinajstić information content (AvgIpc) is 2.83. The van der Waals surface area contributed by atoms with Crippen LogP contribution in [0.15, 0.2) is 5.11 Å². The van der Waals surface area contributed by atoms with E-state index >= 15 is 0 Å². The van der Waals surface area contributed by atoms with Crippen molar-refractivity contribution in [2.24, 2.45) is 16.8 Å². The normalized spacial score (nSPS) is 17.2. The predicted octanol–water partition coefficient (Wildman–Crippen LogP) is 1.56. The molecule has 0 aromatic carbocycles. The van der Waals surface area contributed by atoms with Crippen molar-refractivity contribution in [3.05, 3.63) is 10.4 Å². The second kappa shape index (κ2) is 4.57. The maximum Gasteiger partial charge on any atom is 0.404 e. The van der Waals surface area contributed by atoms with Gasteiger partial charge in [0, 0.05) is 4.91 Å². The third-order valence-corrected chi connectivity index (χ3v) is 1.92. The van der Waals surface area contributed by atoms with E-state index in [2.05, 4.69) is 10.0 Å². The summed E-state index contributed by atoms with van der Waals surface area (Å²) in [7, 11) is 0. The molecule has 0 saturated heterocycles. The zero-order valence-corrected chi connectivity index (χ0v) is 7.22. The first kappa shape index (κ1) is 9.67. The summed E-state index contributed by atoms with van der Waals surface area (Å²) >= 11 is 0. The number of azide groups is 1. The van der Waals surface area contributed by atoms with Gasteiger partial charge in [-0.05, 0) is 17.9 Å². The Hall–Kier alpha value is -1.42. The van der Waals surface area contributed by atoms with Crippen LogP contribution in [0.1, 0.15) is 19.3 Å². The zero-order valence-electron chi connectivity index (χ0n) is 7.22. The highest BCUT2D eigenvalue weighted by atomic mass is 16.6. The van der Waals surface area contributed by atoms with Crippen LogP contribution in [-0.2, 0) is 4.74 Å². The number of amides is 1. The first-order valence-corrected chi connectivity index (χ1v) is 4.19. The summed E-state index contributed by atoms with van der Waals surface area (Å²) in [5.74, 6) is 0.609. The molecule has 0 heterocycles. The fourth-order valence-corrected chi connectivity index (χ4v) is 1.18. The van der Waals surface area contributed by atoms with Gasteiger partial charge in [0.25, 0.3) is 0 Å². The minimum atomic E-state index is -0.807. The molecule has 0 aliphatic heterocycles. The highest BCUT2D eigenvalue weighted by Crippen LogP contribution is 2.34. The van der Waals surface area contributed by atoms with Gasteiger partial charge in [0.2, 0.25) is 0 Å². The van der Waals surface area contributed by atoms with Gasteiger partial charge in [0.1, 0.15) is 6.10 Å². The van der Waals surface area contributed by atoms with Crippen molar-refractivity contribution in [2.45, 2.75) is 25.4 Å². The number of carbonyl (C=O) groups is 1. The summed E-state index contributed by atoms with van der Waals surface area (Å²) in [5.41, 5.74) is 13.0. The van der Waals surface area contributed by atoms with E-state index in [1.54, 1.807) is 0 Å². The molecule has 1 fully saturated rings. The summed E-state index contributed by atoms with van der Waals surface area (Å²) in [6, 6.07) is 0. The molecule has 0 aromatic heterocycles.